The van der Waals surface area contributed by atoms with Gasteiger partial charge in [-0.25, -0.2) is 0 Å². The van der Waals surface area contributed by atoms with Crippen LogP contribution in [0.1, 0.15) is 33.1 Å². The Labute approximate surface area is 113 Å². The van der Waals surface area contributed by atoms with Gasteiger partial charge in [0.2, 0.25) is 0 Å². The molecule has 1 heterocycles. The Morgan fingerprint density at radius 2 is 2.00 bits per heavy atom. The summed E-state index contributed by atoms with van der Waals surface area (Å²) in [7, 11) is 0. The molecule has 0 aliphatic carbocycles. The molecule has 112 valence electrons. The second-order valence-electron chi connectivity index (χ2n) is 4.95. The third-order valence-electron chi connectivity index (χ3n) is 3.10. The average molecular weight is 276 g/mol. The first-order valence-corrected chi connectivity index (χ1v) is 6.60. The topological polar surface area (TPSA) is 99.4 Å². The molecule has 3 unspecified atom stereocenters. The summed E-state index contributed by atoms with van der Waals surface area (Å²) in [6.45, 7) is 3.60. The van der Waals surface area contributed by atoms with Crippen molar-refractivity contribution < 1.29 is 29.9 Å². The Morgan fingerprint density at radius 1 is 1.32 bits per heavy atom. The van der Waals surface area contributed by atoms with Crippen LogP contribution >= 0.6 is 0 Å². The van der Waals surface area contributed by atoms with E-state index in [2.05, 4.69) is 0 Å². The molecule has 0 saturated carbocycles. The van der Waals surface area contributed by atoms with E-state index >= 15 is 0 Å². The zero-order valence-corrected chi connectivity index (χ0v) is 11.3. The molecule has 1 aliphatic rings. The fourth-order valence-electron chi connectivity index (χ4n) is 1.91. The van der Waals surface area contributed by atoms with Gasteiger partial charge in [0, 0.05) is 6.42 Å². The summed E-state index contributed by atoms with van der Waals surface area (Å²) in [4.78, 5) is 0. The van der Waals surface area contributed by atoms with Crippen LogP contribution in [-0.2, 0) is 9.47 Å². The highest BCUT2D eigenvalue weighted by Crippen LogP contribution is 2.22. The van der Waals surface area contributed by atoms with Gasteiger partial charge in [0.1, 0.15) is 6.10 Å². The molecular weight excluding hydrogens is 252 g/mol. The minimum absolute atomic E-state index is 0.137. The van der Waals surface area contributed by atoms with Crippen molar-refractivity contribution in [1.82, 2.24) is 0 Å². The zero-order chi connectivity index (χ0) is 14.4. The molecule has 6 heteroatoms. The van der Waals surface area contributed by atoms with Gasteiger partial charge in [-0.15, -0.1) is 0 Å². The Balaban J connectivity index is 2.29. The van der Waals surface area contributed by atoms with Crippen LogP contribution in [0.3, 0.4) is 0 Å². The summed E-state index contributed by atoms with van der Waals surface area (Å²) in [6.07, 6.45) is 0.367. The maximum atomic E-state index is 9.76. The normalized spacial score (nSPS) is 34.1. The molecule has 0 bridgehead atoms. The first kappa shape index (κ1) is 16.6. The van der Waals surface area contributed by atoms with Gasteiger partial charge in [-0.05, 0) is 32.8 Å². The molecule has 0 aromatic heterocycles. The highest BCUT2D eigenvalue weighted by atomic mass is 16.7. The first-order valence-electron chi connectivity index (χ1n) is 6.60. The summed E-state index contributed by atoms with van der Waals surface area (Å²) < 4.78 is 11.0. The Morgan fingerprint density at radius 3 is 2.63 bits per heavy atom. The fourth-order valence-corrected chi connectivity index (χ4v) is 1.91. The summed E-state index contributed by atoms with van der Waals surface area (Å²) in [5.74, 6) is 0. The number of aliphatic hydroxyl groups excluding tert-OH is 3. The molecule has 0 aromatic rings. The molecule has 1 rings (SSSR count). The van der Waals surface area contributed by atoms with Gasteiger partial charge >= 0.3 is 0 Å². The molecule has 4 N–H and O–H groups in total. The van der Waals surface area contributed by atoms with Crippen LogP contribution in [0, 0.1) is 0 Å². The van der Waals surface area contributed by atoms with Gasteiger partial charge in [-0.2, -0.15) is 0 Å². The molecule has 0 radical (unpaired) electrons. The van der Waals surface area contributed by atoms with Gasteiger partial charge in [0.05, 0.1) is 18.3 Å². The van der Waals surface area contributed by atoms with Crippen molar-refractivity contribution in [3.8, 4) is 0 Å². The Kier molecular flexibility index (Phi) is 6.92. The van der Waals surface area contributed by atoms with E-state index in [1.54, 1.807) is 13.0 Å². The second kappa shape index (κ2) is 7.94. The Bertz CT molecular complexity index is 280. The highest BCUT2D eigenvalue weighted by molar-refractivity contribution is 4.84. The van der Waals surface area contributed by atoms with Gasteiger partial charge in [-0.3, -0.25) is 0 Å². The number of ether oxygens (including phenoxy) is 2. The van der Waals surface area contributed by atoms with Gasteiger partial charge in [0.15, 0.2) is 12.6 Å². The number of rotatable bonds is 6. The summed E-state index contributed by atoms with van der Waals surface area (Å²) in [5, 5.41) is 36.5. The second-order valence-corrected chi connectivity index (χ2v) is 4.95. The van der Waals surface area contributed by atoms with Crippen molar-refractivity contribution in [1.29, 1.82) is 0 Å². The maximum Gasteiger partial charge on any atom is 0.184 e. The third kappa shape index (κ3) is 5.99. The molecular formula is C13H24O6. The summed E-state index contributed by atoms with van der Waals surface area (Å²) in [5.41, 5.74) is 0. The molecule has 1 saturated heterocycles. The fraction of sp³-hybridized carbons (Fsp3) is 0.846. The molecule has 0 spiro atoms. The SMILES string of the molecule is CC1OC(O[C@H](C)CC/C=C/C(O)O)C(O)C[C@H]1O. The van der Waals surface area contributed by atoms with Crippen LogP contribution in [0.15, 0.2) is 12.2 Å². The molecule has 19 heavy (non-hydrogen) atoms. The largest absolute Gasteiger partial charge is 0.390 e. The van der Waals surface area contributed by atoms with Gasteiger partial charge in [0.25, 0.3) is 0 Å². The van der Waals surface area contributed by atoms with E-state index in [9.17, 15) is 10.2 Å². The summed E-state index contributed by atoms with van der Waals surface area (Å²) >= 11 is 0. The lowest BCUT2D eigenvalue weighted by Gasteiger charge is -2.36. The molecule has 6 nitrogen and oxygen atoms in total. The van der Waals surface area contributed by atoms with E-state index in [1.807, 2.05) is 6.92 Å². The van der Waals surface area contributed by atoms with Crippen molar-refractivity contribution >= 4 is 0 Å². The minimum Gasteiger partial charge on any atom is -0.390 e. The number of hydrogen-bond acceptors (Lipinski definition) is 6. The van der Waals surface area contributed by atoms with Crippen molar-refractivity contribution in [2.24, 2.45) is 0 Å². The van der Waals surface area contributed by atoms with Crippen molar-refractivity contribution in [2.75, 3.05) is 0 Å². The lowest BCUT2D eigenvalue weighted by Crippen LogP contribution is -2.48. The average Bonchev–Trinajstić information content (AvgIpc) is 2.31. The highest BCUT2D eigenvalue weighted by Gasteiger charge is 2.35. The Hall–Kier alpha value is -0.500. The smallest absolute Gasteiger partial charge is 0.184 e. The summed E-state index contributed by atoms with van der Waals surface area (Å²) in [6, 6.07) is 0. The van der Waals surface area contributed by atoms with Crippen LogP contribution in [-0.4, -0.2) is 57.4 Å². The van der Waals surface area contributed by atoms with E-state index in [4.69, 9.17) is 19.7 Å². The minimum atomic E-state index is -1.43. The van der Waals surface area contributed by atoms with Crippen LogP contribution in [0.5, 0.6) is 0 Å². The molecule has 0 amide bonds. The quantitative estimate of drug-likeness (QED) is 0.399. The van der Waals surface area contributed by atoms with E-state index in [-0.39, 0.29) is 18.6 Å². The van der Waals surface area contributed by atoms with E-state index in [1.165, 1.54) is 6.08 Å². The molecule has 0 aromatic carbocycles. The predicted molar refractivity (Wildman–Crippen MR) is 68.1 cm³/mol. The van der Waals surface area contributed by atoms with E-state index in [0.717, 1.165) is 0 Å². The van der Waals surface area contributed by atoms with Crippen LogP contribution in [0.25, 0.3) is 0 Å². The lowest BCUT2D eigenvalue weighted by atomic mass is 10.0. The van der Waals surface area contributed by atoms with Crippen LogP contribution in [0.2, 0.25) is 0 Å². The van der Waals surface area contributed by atoms with Gasteiger partial charge in [-0.1, -0.05) is 6.08 Å². The van der Waals surface area contributed by atoms with Crippen molar-refractivity contribution in [3.63, 3.8) is 0 Å². The van der Waals surface area contributed by atoms with Gasteiger partial charge < -0.3 is 29.9 Å². The lowest BCUT2D eigenvalue weighted by molar-refractivity contribution is -0.273. The predicted octanol–water partition coefficient (Wildman–Crippen LogP) is -0.105. The molecule has 1 fully saturated rings. The van der Waals surface area contributed by atoms with Crippen LogP contribution in [0.4, 0.5) is 0 Å². The van der Waals surface area contributed by atoms with Crippen molar-refractivity contribution in [3.05, 3.63) is 12.2 Å². The molecule has 1 aliphatic heterocycles. The number of aliphatic hydroxyl groups is 4. The number of allylic oxidation sites excluding steroid dienone is 1. The molecule has 5 atom stereocenters. The monoisotopic (exact) mass is 276 g/mol. The first-order chi connectivity index (χ1) is 8.90. The van der Waals surface area contributed by atoms with Crippen molar-refractivity contribution in [2.45, 2.75) is 70.1 Å². The zero-order valence-electron chi connectivity index (χ0n) is 11.3. The number of hydrogen-bond donors (Lipinski definition) is 4. The third-order valence-corrected chi connectivity index (χ3v) is 3.10. The van der Waals surface area contributed by atoms with E-state index in [0.29, 0.717) is 12.8 Å². The van der Waals surface area contributed by atoms with Crippen LogP contribution < -0.4 is 0 Å². The maximum absolute atomic E-state index is 9.76. The van der Waals surface area contributed by atoms with E-state index < -0.39 is 24.8 Å². The standard InChI is InChI=1S/C13H24O6/c1-8(5-3-4-6-12(16)17)18-13-11(15)7-10(14)9(2)19-13/h4,6,8-17H,3,5,7H2,1-2H3/b6-4+/t8-,9?,10-,11?,13?/m1/s1.